The van der Waals surface area contributed by atoms with Crippen molar-refractivity contribution in [2.75, 3.05) is 39.3 Å². The van der Waals surface area contributed by atoms with Crippen LogP contribution in [0.15, 0.2) is 72.8 Å². The highest BCUT2D eigenvalue weighted by atomic mass is 19.4. The molecular formula is C33H33F3N4O2. The zero-order chi connectivity index (χ0) is 29.7. The van der Waals surface area contributed by atoms with Crippen molar-refractivity contribution >= 4 is 11.8 Å². The highest BCUT2D eigenvalue weighted by Crippen LogP contribution is 2.51. The third kappa shape index (κ3) is 6.19. The number of nitriles is 1. The molecule has 1 saturated heterocycles. The first kappa shape index (κ1) is 29.3. The minimum Gasteiger partial charge on any atom is -0.346 e. The van der Waals surface area contributed by atoms with Crippen molar-refractivity contribution in [3.8, 4) is 17.2 Å². The van der Waals surface area contributed by atoms with Crippen LogP contribution in [0.4, 0.5) is 13.2 Å². The monoisotopic (exact) mass is 574 g/mol. The Morgan fingerprint density at radius 1 is 0.857 bits per heavy atom. The number of nitrogens with one attached hydrogen (secondary N) is 1. The van der Waals surface area contributed by atoms with E-state index in [0.717, 1.165) is 53.9 Å². The number of piperazine rings is 1. The third-order valence-electron chi connectivity index (χ3n) is 8.34. The largest absolute Gasteiger partial charge is 0.405 e. The van der Waals surface area contributed by atoms with Gasteiger partial charge < -0.3 is 10.2 Å². The van der Waals surface area contributed by atoms with E-state index in [9.17, 15) is 22.8 Å². The maximum Gasteiger partial charge on any atom is 0.405 e. The van der Waals surface area contributed by atoms with Crippen LogP contribution in [0.25, 0.3) is 11.1 Å². The van der Waals surface area contributed by atoms with Gasteiger partial charge in [-0.2, -0.15) is 18.4 Å². The predicted molar refractivity (Wildman–Crippen MR) is 153 cm³/mol. The summed E-state index contributed by atoms with van der Waals surface area (Å²) in [5, 5.41) is 11.1. The first-order valence-electron chi connectivity index (χ1n) is 14.2. The molecule has 0 atom stereocenters. The maximum absolute atomic E-state index is 13.6. The lowest BCUT2D eigenvalue weighted by Crippen LogP contribution is -2.49. The quantitative estimate of drug-likeness (QED) is 0.363. The molecule has 0 radical (unpaired) electrons. The Bertz CT molecular complexity index is 1430. The van der Waals surface area contributed by atoms with Crippen LogP contribution in [-0.4, -0.2) is 67.1 Å². The van der Waals surface area contributed by atoms with E-state index >= 15 is 0 Å². The van der Waals surface area contributed by atoms with Gasteiger partial charge in [-0.05, 0) is 59.3 Å². The van der Waals surface area contributed by atoms with Crippen LogP contribution in [0, 0.1) is 11.3 Å². The van der Waals surface area contributed by atoms with E-state index in [1.807, 2.05) is 65.6 Å². The molecular weight excluding hydrogens is 541 g/mol. The summed E-state index contributed by atoms with van der Waals surface area (Å²) in [5.41, 5.74) is 3.53. The number of hydrogen-bond acceptors (Lipinski definition) is 4. The van der Waals surface area contributed by atoms with Crippen molar-refractivity contribution in [2.45, 2.75) is 37.3 Å². The molecule has 6 nitrogen and oxygen atoms in total. The number of carbonyl (C=O) groups is 2. The Kier molecular flexibility index (Phi) is 8.64. The van der Waals surface area contributed by atoms with Crippen LogP contribution in [0.3, 0.4) is 0 Å². The average molecular weight is 575 g/mol. The number of nitrogens with zero attached hydrogens (tertiary/aromatic N) is 3. The Labute approximate surface area is 243 Å². The standard InChI is InChI=1S/C33H33F3N4O2/c34-33(35,36)23-38-31(42)32(28-9-3-1-7-26(28)27-8-2-4-10-29(27)32)15-5-6-16-39-17-19-40(20-18-39)30(41)21-24-11-13-25(22-37)14-12-24/h1-4,7-14H,5-6,15-21,23H2,(H,38,42). The molecule has 0 unspecified atom stereocenters. The van der Waals surface area contributed by atoms with Crippen LogP contribution in [0.2, 0.25) is 0 Å². The average Bonchev–Trinajstić information content (AvgIpc) is 3.29. The molecule has 2 aliphatic rings. The molecule has 0 bridgehead atoms. The highest BCUT2D eigenvalue weighted by molar-refractivity contribution is 6.00. The molecule has 0 spiro atoms. The zero-order valence-corrected chi connectivity index (χ0v) is 23.3. The number of halogens is 3. The van der Waals surface area contributed by atoms with E-state index in [4.69, 9.17) is 5.26 Å². The number of amides is 2. The van der Waals surface area contributed by atoms with Crippen LogP contribution >= 0.6 is 0 Å². The molecule has 2 amide bonds. The molecule has 1 heterocycles. The summed E-state index contributed by atoms with van der Waals surface area (Å²) in [4.78, 5) is 30.6. The third-order valence-corrected chi connectivity index (χ3v) is 8.34. The molecule has 3 aromatic rings. The van der Waals surface area contributed by atoms with Crippen molar-refractivity contribution in [1.82, 2.24) is 15.1 Å². The smallest absolute Gasteiger partial charge is 0.346 e. The molecule has 1 aliphatic heterocycles. The number of benzene rings is 3. The van der Waals surface area contributed by atoms with Gasteiger partial charge in [-0.1, -0.05) is 67.1 Å². The highest BCUT2D eigenvalue weighted by Gasteiger charge is 2.49. The van der Waals surface area contributed by atoms with Gasteiger partial charge in [0.2, 0.25) is 11.8 Å². The summed E-state index contributed by atoms with van der Waals surface area (Å²) in [6, 6.07) is 24.1. The van der Waals surface area contributed by atoms with Gasteiger partial charge >= 0.3 is 6.18 Å². The topological polar surface area (TPSA) is 76.4 Å². The number of fused-ring (bicyclic) bond motifs is 3. The number of unbranched alkanes of at least 4 members (excludes halogenated alkanes) is 1. The minimum atomic E-state index is -4.50. The van der Waals surface area contributed by atoms with E-state index in [0.29, 0.717) is 37.9 Å². The van der Waals surface area contributed by atoms with Gasteiger partial charge in [0.25, 0.3) is 0 Å². The number of carbonyl (C=O) groups excluding carboxylic acids is 2. The van der Waals surface area contributed by atoms with Gasteiger partial charge in [-0.3, -0.25) is 14.5 Å². The van der Waals surface area contributed by atoms with Crippen LogP contribution < -0.4 is 5.32 Å². The Morgan fingerprint density at radius 2 is 1.45 bits per heavy atom. The van der Waals surface area contributed by atoms with E-state index in [1.165, 1.54) is 0 Å². The summed E-state index contributed by atoms with van der Waals surface area (Å²) in [5.74, 6) is -0.559. The minimum absolute atomic E-state index is 0.0599. The molecule has 5 rings (SSSR count). The predicted octanol–water partition coefficient (Wildman–Crippen LogP) is 5.06. The second-order valence-corrected chi connectivity index (χ2v) is 11.0. The summed E-state index contributed by atoms with van der Waals surface area (Å²) in [6.07, 6.45) is -2.38. The van der Waals surface area contributed by atoms with Crippen molar-refractivity contribution in [2.24, 2.45) is 0 Å². The lowest BCUT2D eigenvalue weighted by molar-refractivity contribution is -0.141. The van der Waals surface area contributed by atoms with E-state index in [2.05, 4.69) is 16.3 Å². The van der Waals surface area contributed by atoms with Crippen molar-refractivity contribution < 1.29 is 22.8 Å². The molecule has 218 valence electrons. The zero-order valence-electron chi connectivity index (χ0n) is 23.3. The Morgan fingerprint density at radius 3 is 2.02 bits per heavy atom. The summed E-state index contributed by atoms with van der Waals surface area (Å²) < 4.78 is 39.3. The second kappa shape index (κ2) is 12.4. The van der Waals surface area contributed by atoms with E-state index in [-0.39, 0.29) is 5.91 Å². The Hall–Kier alpha value is -4.16. The van der Waals surface area contributed by atoms with Crippen molar-refractivity contribution in [1.29, 1.82) is 5.26 Å². The normalized spacial score (nSPS) is 15.9. The first-order valence-corrected chi connectivity index (χ1v) is 14.2. The van der Waals surface area contributed by atoms with Crippen LogP contribution in [-0.2, 0) is 21.4 Å². The van der Waals surface area contributed by atoms with Gasteiger partial charge in [-0.15, -0.1) is 0 Å². The molecule has 42 heavy (non-hydrogen) atoms. The molecule has 1 fully saturated rings. The molecule has 9 heteroatoms. The summed E-state index contributed by atoms with van der Waals surface area (Å²) >= 11 is 0. The van der Waals surface area contributed by atoms with Gasteiger partial charge in [0.05, 0.1) is 18.1 Å². The van der Waals surface area contributed by atoms with Crippen LogP contribution in [0.1, 0.15) is 41.5 Å². The lowest BCUT2D eigenvalue weighted by atomic mass is 9.73. The fourth-order valence-corrected chi connectivity index (χ4v) is 6.21. The number of alkyl halides is 3. The van der Waals surface area contributed by atoms with Gasteiger partial charge in [0.15, 0.2) is 0 Å². The molecule has 3 aromatic carbocycles. The summed E-state index contributed by atoms with van der Waals surface area (Å²) in [6.45, 7) is 2.14. The van der Waals surface area contributed by atoms with Gasteiger partial charge in [0.1, 0.15) is 12.0 Å². The fourth-order valence-electron chi connectivity index (χ4n) is 6.21. The molecule has 0 aromatic heterocycles. The molecule has 1 aliphatic carbocycles. The summed E-state index contributed by atoms with van der Waals surface area (Å²) in [7, 11) is 0. The van der Waals surface area contributed by atoms with Gasteiger partial charge in [-0.25, -0.2) is 0 Å². The van der Waals surface area contributed by atoms with E-state index in [1.54, 1.807) is 12.1 Å². The number of rotatable bonds is 9. The van der Waals surface area contributed by atoms with Crippen molar-refractivity contribution in [3.05, 3.63) is 95.1 Å². The van der Waals surface area contributed by atoms with Crippen LogP contribution in [0.5, 0.6) is 0 Å². The Balaban J connectivity index is 1.19. The number of hydrogen-bond donors (Lipinski definition) is 1. The van der Waals surface area contributed by atoms with E-state index < -0.39 is 24.0 Å². The van der Waals surface area contributed by atoms with Crippen molar-refractivity contribution in [3.63, 3.8) is 0 Å². The first-order chi connectivity index (χ1) is 20.2. The fraction of sp³-hybridized carbons (Fsp3) is 0.364. The van der Waals surface area contributed by atoms with Gasteiger partial charge in [0, 0.05) is 26.2 Å². The molecule has 0 saturated carbocycles. The maximum atomic E-state index is 13.6. The lowest BCUT2D eigenvalue weighted by Gasteiger charge is -2.35. The molecule has 1 N–H and O–H groups in total. The SMILES string of the molecule is N#Cc1ccc(CC(=O)N2CCN(CCCCC3(C(=O)NCC(F)(F)F)c4ccccc4-c4ccccc43)CC2)cc1. The second-order valence-electron chi connectivity index (χ2n) is 11.0.